The third kappa shape index (κ3) is 2.69. The van der Waals surface area contributed by atoms with Crippen LogP contribution in [0.15, 0.2) is 73.1 Å². The van der Waals surface area contributed by atoms with Gasteiger partial charge in [0, 0.05) is 35.5 Å². The highest BCUT2D eigenvalue weighted by Crippen LogP contribution is 2.39. The van der Waals surface area contributed by atoms with Crippen LogP contribution in [0.2, 0.25) is 0 Å². The minimum Gasteiger partial charge on any atom is -0.356 e. The molecule has 0 spiro atoms. The molecular formula is C24H21N3O. The maximum absolute atomic E-state index is 13.3. The van der Waals surface area contributed by atoms with E-state index in [-0.39, 0.29) is 11.9 Å². The lowest BCUT2D eigenvalue weighted by atomic mass is 9.91. The molecule has 0 radical (unpaired) electrons. The number of fused-ring (bicyclic) bond motifs is 3. The van der Waals surface area contributed by atoms with Crippen LogP contribution in [-0.4, -0.2) is 27.3 Å². The first-order valence-corrected chi connectivity index (χ1v) is 9.59. The average molecular weight is 367 g/mol. The lowest BCUT2D eigenvalue weighted by Gasteiger charge is -2.36. The topological polar surface area (TPSA) is 49.0 Å². The second-order valence-electron chi connectivity index (χ2n) is 7.37. The van der Waals surface area contributed by atoms with Gasteiger partial charge in [-0.3, -0.25) is 9.78 Å². The molecule has 2 aromatic carbocycles. The van der Waals surface area contributed by atoms with Gasteiger partial charge in [0.1, 0.15) is 0 Å². The van der Waals surface area contributed by atoms with Crippen molar-refractivity contribution in [3.63, 3.8) is 0 Å². The quantitative estimate of drug-likeness (QED) is 0.560. The monoisotopic (exact) mass is 367 g/mol. The number of aromatic amines is 1. The molecule has 0 fully saturated rings. The normalized spacial score (nSPS) is 16.2. The van der Waals surface area contributed by atoms with Crippen LogP contribution in [0.25, 0.3) is 10.9 Å². The summed E-state index contributed by atoms with van der Waals surface area (Å²) in [6.45, 7) is 2.76. The molecule has 1 amide bonds. The largest absolute Gasteiger partial charge is 0.356 e. The van der Waals surface area contributed by atoms with Crippen LogP contribution in [0.3, 0.4) is 0 Å². The number of nitrogens with one attached hydrogen (secondary N) is 1. The van der Waals surface area contributed by atoms with Crippen molar-refractivity contribution in [3.8, 4) is 0 Å². The van der Waals surface area contributed by atoms with Gasteiger partial charge in [0.25, 0.3) is 5.91 Å². The third-order valence-corrected chi connectivity index (χ3v) is 5.60. The minimum absolute atomic E-state index is 0.0166. The number of carbonyl (C=O) groups excluding carboxylic acids is 1. The predicted octanol–water partition coefficient (Wildman–Crippen LogP) is 4.66. The van der Waals surface area contributed by atoms with Gasteiger partial charge >= 0.3 is 0 Å². The number of para-hydroxylation sites is 1. The molecule has 0 saturated carbocycles. The van der Waals surface area contributed by atoms with E-state index in [9.17, 15) is 4.79 Å². The van der Waals surface area contributed by atoms with E-state index >= 15 is 0 Å². The smallest absolute Gasteiger partial charge is 0.256 e. The van der Waals surface area contributed by atoms with Gasteiger partial charge in [-0.25, -0.2) is 0 Å². The first-order valence-electron chi connectivity index (χ1n) is 9.59. The van der Waals surface area contributed by atoms with Crippen molar-refractivity contribution in [2.45, 2.75) is 19.4 Å². The van der Waals surface area contributed by atoms with Crippen LogP contribution >= 0.6 is 0 Å². The molecule has 3 heterocycles. The van der Waals surface area contributed by atoms with Crippen molar-refractivity contribution in [2.24, 2.45) is 0 Å². The van der Waals surface area contributed by atoms with E-state index in [0.29, 0.717) is 12.1 Å². The van der Waals surface area contributed by atoms with Crippen molar-refractivity contribution in [1.82, 2.24) is 14.9 Å². The molecule has 0 aliphatic carbocycles. The van der Waals surface area contributed by atoms with Gasteiger partial charge in [-0.1, -0.05) is 48.0 Å². The van der Waals surface area contributed by atoms with Gasteiger partial charge in [-0.2, -0.15) is 0 Å². The minimum atomic E-state index is -0.135. The van der Waals surface area contributed by atoms with E-state index in [4.69, 9.17) is 0 Å². The molecular weight excluding hydrogens is 346 g/mol. The van der Waals surface area contributed by atoms with Crippen LogP contribution in [0.1, 0.15) is 38.8 Å². The molecule has 28 heavy (non-hydrogen) atoms. The van der Waals surface area contributed by atoms with E-state index < -0.39 is 0 Å². The summed E-state index contributed by atoms with van der Waals surface area (Å²) >= 11 is 0. The van der Waals surface area contributed by atoms with E-state index in [2.05, 4.69) is 59.4 Å². The molecule has 1 aliphatic heterocycles. The van der Waals surface area contributed by atoms with Crippen LogP contribution in [0.4, 0.5) is 0 Å². The Morgan fingerprint density at radius 3 is 2.68 bits per heavy atom. The van der Waals surface area contributed by atoms with Crippen LogP contribution in [-0.2, 0) is 6.42 Å². The first-order chi connectivity index (χ1) is 13.7. The number of pyridine rings is 1. The second-order valence-corrected chi connectivity index (χ2v) is 7.37. The Hall–Kier alpha value is -3.40. The molecule has 138 valence electrons. The molecule has 4 nitrogen and oxygen atoms in total. The third-order valence-electron chi connectivity index (χ3n) is 5.60. The standard InChI is InChI=1S/C24H21N3O/c1-16-8-10-17(11-9-16)23-22-20(19-6-2-3-7-21(19)26-22)12-14-27(23)24(28)18-5-4-13-25-15-18/h2-11,13,15,23,26H,12,14H2,1H3/t23-/m1/s1. The van der Waals surface area contributed by atoms with E-state index in [1.54, 1.807) is 12.4 Å². The van der Waals surface area contributed by atoms with Crippen LogP contribution < -0.4 is 0 Å². The Morgan fingerprint density at radius 2 is 1.89 bits per heavy atom. The molecule has 1 atom stereocenters. The van der Waals surface area contributed by atoms with E-state index in [1.807, 2.05) is 23.1 Å². The highest BCUT2D eigenvalue weighted by Gasteiger charge is 2.34. The maximum atomic E-state index is 13.3. The van der Waals surface area contributed by atoms with Gasteiger partial charge in [-0.15, -0.1) is 0 Å². The van der Waals surface area contributed by atoms with Crippen molar-refractivity contribution >= 4 is 16.8 Å². The predicted molar refractivity (Wildman–Crippen MR) is 110 cm³/mol. The summed E-state index contributed by atoms with van der Waals surface area (Å²) in [6.07, 6.45) is 4.18. The van der Waals surface area contributed by atoms with E-state index in [1.165, 1.54) is 16.5 Å². The molecule has 5 rings (SSSR count). The number of carbonyl (C=O) groups is 1. The molecule has 1 aliphatic rings. The summed E-state index contributed by atoms with van der Waals surface area (Å²) in [6, 6.07) is 20.4. The van der Waals surface area contributed by atoms with Crippen LogP contribution in [0, 0.1) is 6.92 Å². The van der Waals surface area contributed by atoms with Crippen molar-refractivity contribution in [2.75, 3.05) is 6.54 Å². The SMILES string of the molecule is Cc1ccc([C@@H]2c3[nH]c4ccccc4c3CCN2C(=O)c2cccnc2)cc1. The highest BCUT2D eigenvalue weighted by molar-refractivity contribution is 5.95. The Bertz CT molecular complexity index is 1150. The summed E-state index contributed by atoms with van der Waals surface area (Å²) in [5, 5.41) is 1.25. The zero-order chi connectivity index (χ0) is 19.1. The molecule has 4 aromatic rings. The molecule has 2 aromatic heterocycles. The van der Waals surface area contributed by atoms with Crippen molar-refractivity contribution in [1.29, 1.82) is 0 Å². The number of rotatable bonds is 2. The summed E-state index contributed by atoms with van der Waals surface area (Å²) in [7, 11) is 0. The van der Waals surface area contributed by atoms with Crippen molar-refractivity contribution < 1.29 is 4.79 Å². The summed E-state index contributed by atoms with van der Waals surface area (Å²) < 4.78 is 0. The highest BCUT2D eigenvalue weighted by atomic mass is 16.2. The molecule has 0 saturated heterocycles. The first kappa shape index (κ1) is 16.8. The number of benzene rings is 2. The Kier molecular flexibility index (Phi) is 3.97. The number of nitrogens with zero attached hydrogens (tertiary/aromatic N) is 2. The van der Waals surface area contributed by atoms with Gasteiger partial charge in [0.05, 0.1) is 11.6 Å². The second kappa shape index (κ2) is 6.64. The fourth-order valence-corrected chi connectivity index (χ4v) is 4.21. The fraction of sp³-hybridized carbons (Fsp3) is 0.167. The lowest BCUT2D eigenvalue weighted by Crippen LogP contribution is -2.40. The van der Waals surface area contributed by atoms with E-state index in [0.717, 1.165) is 23.2 Å². The van der Waals surface area contributed by atoms with Crippen molar-refractivity contribution in [3.05, 3.63) is 101 Å². The van der Waals surface area contributed by atoms with Gasteiger partial charge in [0.15, 0.2) is 0 Å². The molecule has 1 N–H and O–H groups in total. The number of amides is 1. The molecule has 0 bridgehead atoms. The summed E-state index contributed by atoms with van der Waals surface area (Å²) in [5.74, 6) is 0.0166. The zero-order valence-electron chi connectivity index (χ0n) is 15.7. The van der Waals surface area contributed by atoms with Gasteiger partial charge < -0.3 is 9.88 Å². The summed E-state index contributed by atoms with van der Waals surface area (Å²) in [4.78, 5) is 23.1. The van der Waals surface area contributed by atoms with Gasteiger partial charge in [0.2, 0.25) is 0 Å². The number of aromatic nitrogens is 2. The Labute approximate surface area is 163 Å². The fourth-order valence-electron chi connectivity index (χ4n) is 4.21. The number of hydrogen-bond donors (Lipinski definition) is 1. The average Bonchev–Trinajstić information content (AvgIpc) is 3.13. The van der Waals surface area contributed by atoms with Gasteiger partial charge in [-0.05, 0) is 42.7 Å². The number of aryl methyl sites for hydroxylation is 1. The number of H-pyrrole nitrogens is 1. The molecule has 0 unspecified atom stereocenters. The van der Waals surface area contributed by atoms with Crippen LogP contribution in [0.5, 0.6) is 0 Å². The Balaban J connectivity index is 1.67. The summed E-state index contributed by atoms with van der Waals surface area (Å²) in [5.41, 5.74) is 6.52. The zero-order valence-corrected chi connectivity index (χ0v) is 15.7. The number of hydrogen-bond acceptors (Lipinski definition) is 2. The molecule has 4 heteroatoms. The Morgan fingerprint density at radius 1 is 1.07 bits per heavy atom. The maximum Gasteiger partial charge on any atom is 0.256 e. The lowest BCUT2D eigenvalue weighted by molar-refractivity contribution is 0.0691.